The van der Waals surface area contributed by atoms with Crippen molar-refractivity contribution in [3.8, 4) is 5.75 Å². The molecule has 0 amide bonds. The minimum atomic E-state index is -0.132. The van der Waals surface area contributed by atoms with Crippen LogP contribution < -0.4 is 4.74 Å². The summed E-state index contributed by atoms with van der Waals surface area (Å²) in [6.07, 6.45) is 4.61. The largest absolute Gasteiger partial charge is 0.488 e. The first-order valence-corrected chi connectivity index (χ1v) is 6.13. The first kappa shape index (κ1) is 13.0. The van der Waals surface area contributed by atoms with Crippen molar-refractivity contribution < 1.29 is 9.84 Å². The van der Waals surface area contributed by atoms with Crippen molar-refractivity contribution in [1.29, 1.82) is 0 Å². The van der Waals surface area contributed by atoms with E-state index < -0.39 is 0 Å². The second kappa shape index (κ2) is 7.29. The minimum Gasteiger partial charge on any atom is -0.488 e. The third-order valence-electron chi connectivity index (χ3n) is 2.61. The molecule has 1 unspecified atom stereocenters. The molecule has 0 saturated carbocycles. The van der Waals surface area contributed by atoms with Crippen LogP contribution in [0.2, 0.25) is 0 Å². The molecule has 1 aromatic carbocycles. The van der Waals surface area contributed by atoms with Crippen LogP contribution in [0.15, 0.2) is 24.3 Å². The maximum atomic E-state index is 8.98. The summed E-state index contributed by atoms with van der Waals surface area (Å²) >= 11 is 0. The molecule has 0 saturated heterocycles. The standard InChI is InChI=1S/C14H22O2/c1-3-4-5-8-13-9-6-7-10-14(13)16-12(2)11-15/h6-7,9-10,12,15H,3-5,8,11H2,1-2H3. The molecule has 0 spiro atoms. The second-order valence-electron chi connectivity index (χ2n) is 4.18. The highest BCUT2D eigenvalue weighted by Gasteiger charge is 2.06. The van der Waals surface area contributed by atoms with E-state index in [1.54, 1.807) is 0 Å². The van der Waals surface area contributed by atoms with Crippen LogP contribution in [0.5, 0.6) is 5.75 Å². The second-order valence-corrected chi connectivity index (χ2v) is 4.18. The SMILES string of the molecule is CCCCCc1ccccc1OC(C)CO. The van der Waals surface area contributed by atoms with E-state index in [9.17, 15) is 0 Å². The van der Waals surface area contributed by atoms with Crippen LogP contribution >= 0.6 is 0 Å². The lowest BCUT2D eigenvalue weighted by Crippen LogP contribution is -2.17. The van der Waals surface area contributed by atoms with E-state index in [4.69, 9.17) is 9.84 Å². The number of unbranched alkanes of at least 4 members (excludes halogenated alkanes) is 2. The zero-order chi connectivity index (χ0) is 11.8. The molecule has 2 nitrogen and oxygen atoms in total. The molecule has 0 aliphatic carbocycles. The van der Waals surface area contributed by atoms with Crippen LogP contribution in [0, 0.1) is 0 Å². The Labute approximate surface area is 98.3 Å². The van der Waals surface area contributed by atoms with Crippen molar-refractivity contribution >= 4 is 0 Å². The predicted molar refractivity (Wildman–Crippen MR) is 66.8 cm³/mol. The molecule has 1 rings (SSSR count). The van der Waals surface area contributed by atoms with E-state index in [0.717, 1.165) is 12.2 Å². The number of aliphatic hydroxyl groups is 1. The van der Waals surface area contributed by atoms with Crippen molar-refractivity contribution in [2.75, 3.05) is 6.61 Å². The highest BCUT2D eigenvalue weighted by atomic mass is 16.5. The average molecular weight is 222 g/mol. The maximum Gasteiger partial charge on any atom is 0.123 e. The van der Waals surface area contributed by atoms with Gasteiger partial charge in [-0.15, -0.1) is 0 Å². The lowest BCUT2D eigenvalue weighted by molar-refractivity contribution is 0.128. The number of aliphatic hydroxyl groups excluding tert-OH is 1. The smallest absolute Gasteiger partial charge is 0.123 e. The Kier molecular flexibility index (Phi) is 5.94. The first-order valence-electron chi connectivity index (χ1n) is 6.13. The number of hydrogen-bond donors (Lipinski definition) is 1. The van der Waals surface area contributed by atoms with Crippen LogP contribution in [-0.2, 0) is 6.42 Å². The third kappa shape index (κ3) is 4.23. The summed E-state index contributed by atoms with van der Waals surface area (Å²) in [7, 11) is 0. The van der Waals surface area contributed by atoms with Gasteiger partial charge in [-0.2, -0.15) is 0 Å². The number of para-hydroxylation sites is 1. The van der Waals surface area contributed by atoms with E-state index >= 15 is 0 Å². The van der Waals surface area contributed by atoms with Crippen molar-refractivity contribution in [2.24, 2.45) is 0 Å². The molecular weight excluding hydrogens is 200 g/mol. The van der Waals surface area contributed by atoms with Gasteiger partial charge in [-0.25, -0.2) is 0 Å². The van der Waals surface area contributed by atoms with Gasteiger partial charge in [0.15, 0.2) is 0 Å². The monoisotopic (exact) mass is 222 g/mol. The summed E-state index contributed by atoms with van der Waals surface area (Å²) in [5, 5.41) is 8.98. The first-order chi connectivity index (χ1) is 7.77. The van der Waals surface area contributed by atoms with Crippen LogP contribution in [0.25, 0.3) is 0 Å². The predicted octanol–water partition coefficient (Wildman–Crippen LogP) is 3.18. The van der Waals surface area contributed by atoms with Gasteiger partial charge >= 0.3 is 0 Å². The van der Waals surface area contributed by atoms with Crippen molar-refractivity contribution in [3.63, 3.8) is 0 Å². The molecule has 1 aromatic rings. The molecule has 90 valence electrons. The lowest BCUT2D eigenvalue weighted by Gasteiger charge is -2.15. The Morgan fingerprint density at radius 2 is 2.00 bits per heavy atom. The lowest BCUT2D eigenvalue weighted by atomic mass is 10.1. The van der Waals surface area contributed by atoms with Crippen LogP contribution in [0.1, 0.15) is 38.7 Å². The fourth-order valence-electron chi connectivity index (χ4n) is 1.64. The molecule has 0 radical (unpaired) electrons. The van der Waals surface area contributed by atoms with Crippen LogP contribution in [0.4, 0.5) is 0 Å². The quantitative estimate of drug-likeness (QED) is 0.718. The van der Waals surface area contributed by atoms with Gasteiger partial charge < -0.3 is 9.84 Å². The zero-order valence-corrected chi connectivity index (χ0v) is 10.3. The normalized spacial score (nSPS) is 12.4. The molecule has 1 N–H and O–H groups in total. The van der Waals surface area contributed by atoms with Gasteiger partial charge in [0, 0.05) is 0 Å². The number of hydrogen-bond acceptors (Lipinski definition) is 2. The fourth-order valence-corrected chi connectivity index (χ4v) is 1.64. The molecule has 2 heteroatoms. The fraction of sp³-hybridized carbons (Fsp3) is 0.571. The van der Waals surface area contributed by atoms with Crippen molar-refractivity contribution in [2.45, 2.75) is 45.6 Å². The minimum absolute atomic E-state index is 0.0588. The summed E-state index contributed by atoms with van der Waals surface area (Å²) < 4.78 is 5.68. The molecule has 0 aliphatic rings. The Balaban J connectivity index is 2.60. The van der Waals surface area contributed by atoms with E-state index in [0.29, 0.717) is 0 Å². The Morgan fingerprint density at radius 3 is 2.69 bits per heavy atom. The van der Waals surface area contributed by atoms with Gasteiger partial charge in [0.1, 0.15) is 11.9 Å². The third-order valence-corrected chi connectivity index (χ3v) is 2.61. The molecule has 1 atom stereocenters. The Bertz CT molecular complexity index is 297. The van der Waals surface area contributed by atoms with E-state index in [2.05, 4.69) is 13.0 Å². The average Bonchev–Trinajstić information content (AvgIpc) is 2.31. The van der Waals surface area contributed by atoms with Crippen LogP contribution in [-0.4, -0.2) is 17.8 Å². The number of aryl methyl sites for hydroxylation is 1. The van der Waals surface area contributed by atoms with E-state index in [1.165, 1.54) is 24.8 Å². The number of benzene rings is 1. The summed E-state index contributed by atoms with van der Waals surface area (Å²) in [6, 6.07) is 8.10. The number of ether oxygens (including phenoxy) is 1. The van der Waals surface area contributed by atoms with Crippen molar-refractivity contribution in [3.05, 3.63) is 29.8 Å². The van der Waals surface area contributed by atoms with E-state index in [1.807, 2.05) is 25.1 Å². The van der Waals surface area contributed by atoms with Gasteiger partial charge in [0.2, 0.25) is 0 Å². The highest BCUT2D eigenvalue weighted by Crippen LogP contribution is 2.21. The zero-order valence-electron chi connectivity index (χ0n) is 10.3. The molecule has 0 heterocycles. The molecule has 0 aliphatic heterocycles. The molecule has 16 heavy (non-hydrogen) atoms. The topological polar surface area (TPSA) is 29.5 Å². The molecule has 0 bridgehead atoms. The van der Waals surface area contributed by atoms with Gasteiger partial charge in [-0.1, -0.05) is 38.0 Å². The van der Waals surface area contributed by atoms with E-state index in [-0.39, 0.29) is 12.7 Å². The molecule has 0 aromatic heterocycles. The Morgan fingerprint density at radius 1 is 1.25 bits per heavy atom. The summed E-state index contributed by atoms with van der Waals surface area (Å²) in [4.78, 5) is 0. The maximum absolute atomic E-state index is 8.98. The van der Waals surface area contributed by atoms with Gasteiger partial charge in [-0.05, 0) is 31.4 Å². The van der Waals surface area contributed by atoms with Gasteiger partial charge in [0.05, 0.1) is 6.61 Å². The summed E-state index contributed by atoms with van der Waals surface area (Å²) in [5.74, 6) is 0.917. The Hall–Kier alpha value is -1.02. The summed E-state index contributed by atoms with van der Waals surface area (Å²) in [6.45, 7) is 4.14. The van der Waals surface area contributed by atoms with Crippen molar-refractivity contribution in [1.82, 2.24) is 0 Å². The highest BCUT2D eigenvalue weighted by molar-refractivity contribution is 5.33. The molecular formula is C14H22O2. The summed E-state index contributed by atoms with van der Waals surface area (Å²) in [5.41, 5.74) is 1.25. The van der Waals surface area contributed by atoms with Crippen LogP contribution in [0.3, 0.4) is 0 Å². The van der Waals surface area contributed by atoms with Gasteiger partial charge in [0.25, 0.3) is 0 Å². The molecule has 0 fully saturated rings. The number of rotatable bonds is 7. The van der Waals surface area contributed by atoms with Gasteiger partial charge in [-0.3, -0.25) is 0 Å².